The molecule has 1 amide bonds. The predicted molar refractivity (Wildman–Crippen MR) is 68.7 cm³/mol. The third-order valence-corrected chi connectivity index (χ3v) is 3.32. The number of hydrogen-bond donors (Lipinski definition) is 0. The molecule has 1 saturated heterocycles. The van der Waals surface area contributed by atoms with Crippen molar-refractivity contribution in [3.8, 4) is 0 Å². The Hall–Kier alpha value is -2.00. The topological polar surface area (TPSA) is 69.1 Å². The van der Waals surface area contributed by atoms with E-state index in [2.05, 4.69) is 10.0 Å². The van der Waals surface area contributed by atoms with E-state index in [9.17, 15) is 4.79 Å². The highest BCUT2D eigenvalue weighted by atomic mass is 16.2. The van der Waals surface area contributed by atoms with Gasteiger partial charge in [0.05, 0.1) is 0 Å². The first-order chi connectivity index (χ1) is 8.70. The van der Waals surface area contributed by atoms with Crippen LogP contribution in [0.1, 0.15) is 17.5 Å². The van der Waals surface area contributed by atoms with Crippen LogP contribution < -0.4 is 0 Å². The van der Waals surface area contributed by atoms with Gasteiger partial charge < -0.3 is 4.90 Å². The lowest BCUT2D eigenvalue weighted by atomic mass is 10.1. The van der Waals surface area contributed by atoms with Gasteiger partial charge in [-0.25, -0.2) is 0 Å². The van der Waals surface area contributed by atoms with Crippen LogP contribution in [0.3, 0.4) is 0 Å². The molecule has 0 radical (unpaired) electrons. The summed E-state index contributed by atoms with van der Waals surface area (Å²) >= 11 is 0. The van der Waals surface area contributed by atoms with Crippen LogP contribution in [0, 0.1) is 12.8 Å². The molecule has 1 aromatic carbocycles. The van der Waals surface area contributed by atoms with Crippen LogP contribution in [0.25, 0.3) is 10.4 Å². The van der Waals surface area contributed by atoms with Crippen molar-refractivity contribution in [3.05, 3.63) is 45.8 Å². The summed E-state index contributed by atoms with van der Waals surface area (Å²) < 4.78 is 0. The van der Waals surface area contributed by atoms with Crippen molar-refractivity contribution in [3.63, 3.8) is 0 Å². The van der Waals surface area contributed by atoms with Gasteiger partial charge in [-0.2, -0.15) is 0 Å². The molecule has 1 aromatic rings. The summed E-state index contributed by atoms with van der Waals surface area (Å²) in [7, 11) is 0. The van der Waals surface area contributed by atoms with Gasteiger partial charge in [-0.05, 0) is 29.5 Å². The van der Waals surface area contributed by atoms with Crippen LogP contribution >= 0.6 is 0 Å². The normalized spacial score (nSPS) is 18.8. The molecule has 1 heterocycles. The predicted octanol–water partition coefficient (Wildman–Crippen LogP) is 2.65. The standard InChI is InChI=1S/C13H16N4O/c1-10-4-2-3-5-12(10)9-17-8-11(6-13(17)18)7-15-16-14/h2-5,11H,6-9H2,1H3. The lowest BCUT2D eigenvalue weighted by Gasteiger charge is -2.17. The number of likely N-dealkylation sites (tertiary alicyclic amines) is 1. The Bertz CT molecular complexity index is 494. The number of carbonyl (C=O) groups excluding carboxylic acids is 1. The summed E-state index contributed by atoms with van der Waals surface area (Å²) in [5, 5.41) is 3.55. The third-order valence-electron chi connectivity index (χ3n) is 3.32. The number of azide groups is 1. The van der Waals surface area contributed by atoms with Crippen LogP contribution in [0.5, 0.6) is 0 Å². The highest BCUT2D eigenvalue weighted by Gasteiger charge is 2.28. The molecule has 5 nitrogen and oxygen atoms in total. The Balaban J connectivity index is 2.00. The van der Waals surface area contributed by atoms with E-state index in [1.807, 2.05) is 36.1 Å². The second kappa shape index (κ2) is 5.56. The molecule has 2 rings (SSSR count). The first-order valence-corrected chi connectivity index (χ1v) is 6.04. The van der Waals surface area contributed by atoms with Crippen LogP contribution in [-0.4, -0.2) is 23.9 Å². The molecule has 1 atom stereocenters. The first-order valence-electron chi connectivity index (χ1n) is 6.04. The number of nitrogens with zero attached hydrogens (tertiary/aromatic N) is 4. The highest BCUT2D eigenvalue weighted by molar-refractivity contribution is 5.78. The SMILES string of the molecule is Cc1ccccc1CN1CC(CN=[N+]=[N-])CC1=O. The maximum atomic E-state index is 11.9. The van der Waals surface area contributed by atoms with Gasteiger partial charge in [0.2, 0.25) is 5.91 Å². The minimum atomic E-state index is 0.149. The number of carbonyl (C=O) groups is 1. The van der Waals surface area contributed by atoms with Gasteiger partial charge in [0, 0.05) is 31.0 Å². The zero-order valence-electron chi connectivity index (χ0n) is 10.4. The monoisotopic (exact) mass is 244 g/mol. The zero-order valence-corrected chi connectivity index (χ0v) is 10.4. The average Bonchev–Trinajstić information content (AvgIpc) is 2.70. The lowest BCUT2D eigenvalue weighted by molar-refractivity contribution is -0.128. The second-order valence-corrected chi connectivity index (χ2v) is 4.68. The summed E-state index contributed by atoms with van der Waals surface area (Å²) in [6.07, 6.45) is 0.491. The molecule has 1 aliphatic rings. The maximum absolute atomic E-state index is 11.9. The number of amides is 1. The fourth-order valence-electron chi connectivity index (χ4n) is 2.27. The number of benzene rings is 1. The summed E-state index contributed by atoms with van der Waals surface area (Å²) in [4.78, 5) is 16.4. The van der Waals surface area contributed by atoms with E-state index in [-0.39, 0.29) is 11.8 Å². The van der Waals surface area contributed by atoms with Crippen LogP contribution in [0.15, 0.2) is 29.4 Å². The lowest BCUT2D eigenvalue weighted by Crippen LogP contribution is -2.25. The number of rotatable bonds is 4. The molecule has 1 aliphatic heterocycles. The quantitative estimate of drug-likeness (QED) is 0.456. The third kappa shape index (κ3) is 2.81. The van der Waals surface area contributed by atoms with Gasteiger partial charge in [-0.15, -0.1) is 0 Å². The molecule has 0 aromatic heterocycles. The van der Waals surface area contributed by atoms with E-state index in [0.717, 1.165) is 0 Å². The largest absolute Gasteiger partial charge is 0.338 e. The van der Waals surface area contributed by atoms with Gasteiger partial charge in [0.1, 0.15) is 0 Å². The molecule has 94 valence electrons. The van der Waals surface area contributed by atoms with Gasteiger partial charge in [-0.1, -0.05) is 29.4 Å². The van der Waals surface area contributed by atoms with Gasteiger partial charge in [0.25, 0.3) is 0 Å². The van der Waals surface area contributed by atoms with E-state index in [1.54, 1.807) is 0 Å². The van der Waals surface area contributed by atoms with Crippen LogP contribution in [0.4, 0.5) is 0 Å². The first kappa shape index (κ1) is 12.5. The Kier molecular flexibility index (Phi) is 3.85. The Morgan fingerprint density at radius 3 is 3.00 bits per heavy atom. The van der Waals surface area contributed by atoms with Crippen molar-refractivity contribution < 1.29 is 4.79 Å². The Morgan fingerprint density at radius 2 is 2.28 bits per heavy atom. The summed E-state index contributed by atoms with van der Waals surface area (Å²) in [6.45, 7) is 3.80. The molecule has 18 heavy (non-hydrogen) atoms. The molecule has 0 bridgehead atoms. The minimum Gasteiger partial charge on any atom is -0.338 e. The van der Waals surface area contributed by atoms with Crippen molar-refractivity contribution in [1.29, 1.82) is 0 Å². The number of aryl methyl sites for hydroxylation is 1. The van der Waals surface area contributed by atoms with Gasteiger partial charge >= 0.3 is 0 Å². The van der Waals surface area contributed by atoms with Crippen LogP contribution in [0.2, 0.25) is 0 Å². The summed E-state index contributed by atoms with van der Waals surface area (Å²) in [5.41, 5.74) is 10.7. The summed E-state index contributed by atoms with van der Waals surface area (Å²) in [5.74, 6) is 0.314. The average molecular weight is 244 g/mol. The smallest absolute Gasteiger partial charge is 0.223 e. The van der Waals surface area contributed by atoms with Crippen molar-refractivity contribution in [1.82, 2.24) is 4.90 Å². The Morgan fingerprint density at radius 1 is 1.50 bits per heavy atom. The van der Waals surface area contributed by atoms with Crippen molar-refractivity contribution in [2.24, 2.45) is 11.0 Å². The van der Waals surface area contributed by atoms with E-state index in [1.165, 1.54) is 11.1 Å². The van der Waals surface area contributed by atoms with E-state index >= 15 is 0 Å². The van der Waals surface area contributed by atoms with Crippen molar-refractivity contribution in [2.75, 3.05) is 13.1 Å². The fourth-order valence-corrected chi connectivity index (χ4v) is 2.27. The van der Waals surface area contributed by atoms with Gasteiger partial charge in [-0.3, -0.25) is 4.79 Å². The van der Waals surface area contributed by atoms with Gasteiger partial charge in [0.15, 0.2) is 0 Å². The van der Waals surface area contributed by atoms with Crippen molar-refractivity contribution >= 4 is 5.91 Å². The minimum absolute atomic E-state index is 0.149. The molecule has 0 N–H and O–H groups in total. The molecular formula is C13H16N4O. The second-order valence-electron chi connectivity index (χ2n) is 4.68. The van der Waals surface area contributed by atoms with E-state index < -0.39 is 0 Å². The molecule has 0 aliphatic carbocycles. The summed E-state index contributed by atoms with van der Waals surface area (Å²) in [6, 6.07) is 8.08. The van der Waals surface area contributed by atoms with E-state index in [4.69, 9.17) is 5.53 Å². The maximum Gasteiger partial charge on any atom is 0.223 e. The molecule has 0 saturated carbocycles. The molecule has 1 unspecified atom stereocenters. The Labute approximate surface area is 106 Å². The molecule has 0 spiro atoms. The fraction of sp³-hybridized carbons (Fsp3) is 0.462. The molecular weight excluding hydrogens is 228 g/mol. The molecule has 1 fully saturated rings. The van der Waals surface area contributed by atoms with E-state index in [0.29, 0.717) is 26.1 Å². The highest BCUT2D eigenvalue weighted by Crippen LogP contribution is 2.21. The number of hydrogen-bond acceptors (Lipinski definition) is 2. The van der Waals surface area contributed by atoms with Crippen molar-refractivity contribution in [2.45, 2.75) is 19.9 Å². The zero-order chi connectivity index (χ0) is 13.0. The van der Waals surface area contributed by atoms with Crippen LogP contribution in [-0.2, 0) is 11.3 Å². The molecule has 5 heteroatoms.